The van der Waals surface area contributed by atoms with Crippen LogP contribution in [0.15, 0.2) is 99.6 Å². The summed E-state index contributed by atoms with van der Waals surface area (Å²) in [7, 11) is -2.20. The number of rotatable bonds is 9. The van der Waals surface area contributed by atoms with Gasteiger partial charge in [-0.05, 0) is 74.0 Å². The van der Waals surface area contributed by atoms with E-state index in [1.54, 1.807) is 38.4 Å². The molecule has 0 aliphatic heterocycles. The van der Waals surface area contributed by atoms with Gasteiger partial charge in [-0.2, -0.15) is 23.4 Å². The van der Waals surface area contributed by atoms with E-state index < -0.39 is 10.0 Å². The summed E-state index contributed by atoms with van der Waals surface area (Å²) in [5, 5.41) is 17.1. The predicted molar refractivity (Wildman–Crippen MR) is 161 cm³/mol. The van der Waals surface area contributed by atoms with Crippen LogP contribution in [0.3, 0.4) is 0 Å². The van der Waals surface area contributed by atoms with E-state index in [1.807, 2.05) is 60.1 Å². The SMILES string of the molecule is COc1ccc(Cn2nc(Nc3ccc4onc(/C(C)=N/NS(=O)(=O)c5ccc(C)cc5)c4c3)c3ncccc32)cc1. The fraction of sp³-hybridized carbons (Fsp3) is 0.133. The van der Waals surface area contributed by atoms with Crippen molar-refractivity contribution in [2.45, 2.75) is 25.3 Å². The van der Waals surface area contributed by atoms with Gasteiger partial charge in [-0.25, -0.2) is 0 Å². The first-order chi connectivity index (χ1) is 20.3. The largest absolute Gasteiger partial charge is 0.497 e. The molecule has 0 radical (unpaired) electrons. The third-order valence-electron chi connectivity index (χ3n) is 6.74. The van der Waals surface area contributed by atoms with E-state index in [9.17, 15) is 8.42 Å². The van der Waals surface area contributed by atoms with Crippen molar-refractivity contribution in [3.8, 4) is 5.75 Å². The van der Waals surface area contributed by atoms with Crippen LogP contribution in [0.4, 0.5) is 11.5 Å². The topological polar surface area (TPSA) is 137 Å². The zero-order valence-corrected chi connectivity index (χ0v) is 23.9. The fourth-order valence-corrected chi connectivity index (χ4v) is 5.34. The molecule has 0 unspecified atom stereocenters. The number of hydrogen-bond acceptors (Lipinski definition) is 9. The summed E-state index contributed by atoms with van der Waals surface area (Å²) in [5.41, 5.74) is 5.64. The minimum absolute atomic E-state index is 0.119. The van der Waals surface area contributed by atoms with Crippen LogP contribution in [0.2, 0.25) is 0 Å². The maximum Gasteiger partial charge on any atom is 0.276 e. The first-order valence-electron chi connectivity index (χ1n) is 13.0. The number of sulfonamides is 1. The zero-order chi connectivity index (χ0) is 29.3. The maximum absolute atomic E-state index is 12.7. The quantitative estimate of drug-likeness (QED) is 0.171. The molecule has 0 fully saturated rings. The Morgan fingerprint density at radius 1 is 1.05 bits per heavy atom. The summed E-state index contributed by atoms with van der Waals surface area (Å²) >= 11 is 0. The van der Waals surface area contributed by atoms with Crippen LogP contribution in [-0.4, -0.2) is 41.2 Å². The molecule has 0 atom stereocenters. The number of benzene rings is 3. The van der Waals surface area contributed by atoms with Gasteiger partial charge < -0.3 is 14.6 Å². The van der Waals surface area contributed by atoms with Crippen molar-refractivity contribution < 1.29 is 17.7 Å². The standard InChI is InChI=1S/C30H27N7O4S/c1-19-6-13-24(14-7-19)42(38,39)36-33-20(2)28-25-17-22(10-15-27(25)41-35-28)32-30-29-26(5-4-16-31-29)37(34-30)18-21-8-11-23(40-3)12-9-21/h4-17,36H,18H2,1-3H3,(H,32,34)/b33-20+. The van der Waals surface area contributed by atoms with E-state index in [4.69, 9.17) is 14.4 Å². The molecule has 42 heavy (non-hydrogen) atoms. The smallest absolute Gasteiger partial charge is 0.276 e. The van der Waals surface area contributed by atoms with Crippen molar-refractivity contribution in [2.24, 2.45) is 5.10 Å². The number of hydrazone groups is 1. The van der Waals surface area contributed by atoms with Gasteiger partial charge in [0.2, 0.25) is 0 Å². The van der Waals surface area contributed by atoms with Crippen LogP contribution in [-0.2, 0) is 16.6 Å². The van der Waals surface area contributed by atoms with Gasteiger partial charge >= 0.3 is 0 Å². The normalized spacial score (nSPS) is 12.1. The highest BCUT2D eigenvalue weighted by Crippen LogP contribution is 2.28. The summed E-state index contributed by atoms with van der Waals surface area (Å²) < 4.78 is 38.0. The second-order valence-electron chi connectivity index (χ2n) is 9.70. The molecule has 11 nitrogen and oxygen atoms in total. The van der Waals surface area contributed by atoms with Crippen LogP contribution in [0.25, 0.3) is 22.0 Å². The molecule has 6 rings (SSSR count). The number of nitrogens with one attached hydrogen (secondary N) is 2. The Kier molecular flexibility index (Phi) is 7.05. The molecule has 12 heteroatoms. The minimum atomic E-state index is -3.84. The molecule has 3 heterocycles. The summed E-state index contributed by atoms with van der Waals surface area (Å²) in [6, 6.07) is 23.7. The lowest BCUT2D eigenvalue weighted by Crippen LogP contribution is -2.20. The van der Waals surface area contributed by atoms with Gasteiger partial charge in [0, 0.05) is 11.9 Å². The zero-order valence-electron chi connectivity index (χ0n) is 23.1. The molecule has 0 saturated heterocycles. The number of methoxy groups -OCH3 is 1. The highest BCUT2D eigenvalue weighted by molar-refractivity contribution is 7.89. The van der Waals surface area contributed by atoms with E-state index in [-0.39, 0.29) is 4.90 Å². The van der Waals surface area contributed by atoms with Crippen molar-refractivity contribution in [3.63, 3.8) is 0 Å². The van der Waals surface area contributed by atoms with Gasteiger partial charge in [0.05, 0.1) is 35.2 Å². The molecular weight excluding hydrogens is 554 g/mol. The number of ether oxygens (including phenoxy) is 1. The lowest BCUT2D eigenvalue weighted by Gasteiger charge is -2.06. The van der Waals surface area contributed by atoms with Crippen LogP contribution < -0.4 is 14.9 Å². The summed E-state index contributed by atoms with van der Waals surface area (Å²) in [6.45, 7) is 4.10. The van der Waals surface area contributed by atoms with Gasteiger partial charge in [-0.3, -0.25) is 9.67 Å². The summed E-state index contributed by atoms with van der Waals surface area (Å²) in [5.74, 6) is 1.38. The molecule has 0 aliphatic rings. The molecule has 6 aromatic rings. The molecule has 0 bridgehead atoms. The minimum Gasteiger partial charge on any atom is -0.497 e. The number of fused-ring (bicyclic) bond motifs is 2. The van der Waals surface area contributed by atoms with Crippen LogP contribution in [0.5, 0.6) is 5.75 Å². The van der Waals surface area contributed by atoms with E-state index in [2.05, 4.69) is 25.4 Å². The number of nitrogens with zero attached hydrogens (tertiary/aromatic N) is 5. The van der Waals surface area contributed by atoms with Gasteiger partial charge in [0.25, 0.3) is 10.0 Å². The van der Waals surface area contributed by atoms with Crippen molar-refractivity contribution in [3.05, 3.63) is 102 Å². The van der Waals surface area contributed by atoms with Crippen molar-refractivity contribution in [1.82, 2.24) is 24.8 Å². The second-order valence-corrected chi connectivity index (χ2v) is 11.4. The van der Waals surface area contributed by atoms with Crippen LogP contribution in [0, 0.1) is 6.92 Å². The van der Waals surface area contributed by atoms with Gasteiger partial charge in [-0.15, -0.1) is 0 Å². The lowest BCUT2D eigenvalue weighted by molar-refractivity contribution is 0.414. The Morgan fingerprint density at radius 2 is 1.83 bits per heavy atom. The van der Waals surface area contributed by atoms with Crippen LogP contribution >= 0.6 is 0 Å². The van der Waals surface area contributed by atoms with Gasteiger partial charge in [-0.1, -0.05) is 35.0 Å². The van der Waals surface area contributed by atoms with Crippen molar-refractivity contribution in [1.29, 1.82) is 0 Å². The second kappa shape index (κ2) is 11.0. The molecule has 0 amide bonds. The summed E-state index contributed by atoms with van der Waals surface area (Å²) in [4.78, 5) is 6.97. The first kappa shape index (κ1) is 27.0. The Hall–Kier alpha value is -5.23. The molecule has 212 valence electrons. The Bertz CT molecular complexity index is 2030. The highest BCUT2D eigenvalue weighted by atomic mass is 32.2. The van der Waals surface area contributed by atoms with Gasteiger partial charge in [0.1, 0.15) is 17.0 Å². The molecule has 0 spiro atoms. The number of aryl methyl sites for hydroxylation is 1. The molecule has 0 saturated carbocycles. The summed E-state index contributed by atoms with van der Waals surface area (Å²) in [6.07, 6.45) is 1.73. The third-order valence-corrected chi connectivity index (χ3v) is 7.97. The van der Waals surface area contributed by atoms with E-state index in [0.29, 0.717) is 34.7 Å². The average molecular weight is 582 g/mol. The molecular formula is C30H27N7O4S. The van der Waals surface area contributed by atoms with Crippen molar-refractivity contribution >= 4 is 49.2 Å². The Morgan fingerprint density at radius 3 is 2.60 bits per heavy atom. The van der Waals surface area contributed by atoms with Crippen LogP contribution in [0.1, 0.15) is 23.7 Å². The predicted octanol–water partition coefficient (Wildman–Crippen LogP) is 5.38. The first-order valence-corrected chi connectivity index (χ1v) is 14.5. The maximum atomic E-state index is 12.7. The molecule has 3 aromatic carbocycles. The highest BCUT2D eigenvalue weighted by Gasteiger charge is 2.17. The third kappa shape index (κ3) is 5.39. The molecule has 3 aromatic heterocycles. The lowest BCUT2D eigenvalue weighted by atomic mass is 10.1. The van der Waals surface area contributed by atoms with E-state index in [0.717, 1.165) is 33.6 Å². The van der Waals surface area contributed by atoms with Gasteiger partial charge in [0.15, 0.2) is 11.4 Å². The number of pyridine rings is 1. The van der Waals surface area contributed by atoms with E-state index in [1.165, 1.54) is 12.1 Å². The molecule has 0 aliphatic carbocycles. The molecule has 2 N–H and O–H groups in total. The average Bonchev–Trinajstić information content (AvgIpc) is 3.58. The Balaban J connectivity index is 1.27. The number of hydrogen-bond donors (Lipinski definition) is 2. The number of anilines is 2. The fourth-order valence-electron chi connectivity index (χ4n) is 4.48. The number of aromatic nitrogens is 4. The monoisotopic (exact) mass is 581 g/mol. The van der Waals surface area contributed by atoms with E-state index >= 15 is 0 Å². The Labute approximate surface area is 241 Å². The van der Waals surface area contributed by atoms with Crippen molar-refractivity contribution in [2.75, 3.05) is 12.4 Å².